The molecule has 20 heavy (non-hydrogen) atoms. The summed E-state index contributed by atoms with van der Waals surface area (Å²) in [6.45, 7) is 4.05. The van der Waals surface area contributed by atoms with E-state index < -0.39 is 5.97 Å². The molecule has 0 spiro atoms. The van der Waals surface area contributed by atoms with Crippen LogP contribution in [0.4, 0.5) is 0 Å². The largest absolute Gasteiger partial charge is 0.493 e. The van der Waals surface area contributed by atoms with Crippen LogP contribution in [0.15, 0.2) is 6.07 Å². The molecule has 1 aliphatic carbocycles. The molecule has 1 atom stereocenters. The average molecular weight is 278 g/mol. The highest BCUT2D eigenvalue weighted by atomic mass is 16.5. The lowest BCUT2D eigenvalue weighted by atomic mass is 9.85. The number of carboxylic acid groups (broad SMARTS) is 1. The van der Waals surface area contributed by atoms with Crippen molar-refractivity contribution in [2.45, 2.75) is 39.0 Å². The van der Waals surface area contributed by atoms with Crippen LogP contribution in [0.3, 0.4) is 0 Å². The maximum atomic E-state index is 11.2. The van der Waals surface area contributed by atoms with Crippen LogP contribution in [0, 0.1) is 19.8 Å². The minimum Gasteiger partial charge on any atom is -0.493 e. The summed E-state index contributed by atoms with van der Waals surface area (Å²) in [5.74, 6) is 1.07. The summed E-state index contributed by atoms with van der Waals surface area (Å²) in [6, 6.07) is 1.95. The SMILES string of the molecule is COc1cc(C)c(C)c(C(CC(=O)O)C2CC2)c1OC. The molecule has 4 heteroatoms. The van der Waals surface area contributed by atoms with Crippen LogP contribution in [0.2, 0.25) is 0 Å². The summed E-state index contributed by atoms with van der Waals surface area (Å²) < 4.78 is 10.9. The van der Waals surface area contributed by atoms with Crippen molar-refractivity contribution >= 4 is 5.97 Å². The Hall–Kier alpha value is -1.71. The molecule has 0 saturated heterocycles. The molecule has 1 aromatic rings. The molecule has 110 valence electrons. The van der Waals surface area contributed by atoms with Gasteiger partial charge < -0.3 is 14.6 Å². The number of benzene rings is 1. The minimum atomic E-state index is -0.760. The zero-order valence-electron chi connectivity index (χ0n) is 12.5. The summed E-state index contributed by atoms with van der Waals surface area (Å²) >= 11 is 0. The van der Waals surface area contributed by atoms with E-state index in [2.05, 4.69) is 0 Å². The van der Waals surface area contributed by atoms with Crippen molar-refractivity contribution in [3.8, 4) is 11.5 Å². The molecule has 1 unspecified atom stereocenters. The second kappa shape index (κ2) is 5.73. The summed E-state index contributed by atoms with van der Waals surface area (Å²) in [5.41, 5.74) is 3.23. The van der Waals surface area contributed by atoms with E-state index in [1.54, 1.807) is 14.2 Å². The van der Waals surface area contributed by atoms with Crippen molar-refractivity contribution in [3.05, 3.63) is 22.8 Å². The predicted molar refractivity (Wildman–Crippen MR) is 76.7 cm³/mol. The Morgan fingerprint density at radius 3 is 2.45 bits per heavy atom. The molecule has 1 N–H and O–H groups in total. The highest BCUT2D eigenvalue weighted by Crippen LogP contribution is 2.50. The first-order chi connectivity index (χ1) is 9.49. The van der Waals surface area contributed by atoms with E-state index in [1.165, 1.54) is 0 Å². The molecule has 0 aliphatic heterocycles. The van der Waals surface area contributed by atoms with Crippen molar-refractivity contribution < 1.29 is 19.4 Å². The van der Waals surface area contributed by atoms with Crippen LogP contribution in [-0.2, 0) is 4.79 Å². The van der Waals surface area contributed by atoms with E-state index in [9.17, 15) is 9.90 Å². The van der Waals surface area contributed by atoms with E-state index in [-0.39, 0.29) is 12.3 Å². The maximum absolute atomic E-state index is 11.2. The van der Waals surface area contributed by atoms with Gasteiger partial charge in [0.2, 0.25) is 0 Å². The van der Waals surface area contributed by atoms with Crippen LogP contribution in [0.5, 0.6) is 11.5 Å². The van der Waals surface area contributed by atoms with Crippen LogP contribution in [0.25, 0.3) is 0 Å². The third kappa shape index (κ3) is 2.74. The van der Waals surface area contributed by atoms with Crippen molar-refractivity contribution in [3.63, 3.8) is 0 Å². The molecular weight excluding hydrogens is 256 g/mol. The normalized spacial score (nSPS) is 15.8. The second-order valence-corrected chi connectivity index (χ2v) is 5.51. The standard InChI is InChI=1S/C16H22O4/c1-9-7-13(19-3)16(20-4)15(10(9)2)12(8-14(17)18)11-5-6-11/h7,11-12H,5-6,8H2,1-4H3,(H,17,18). The Kier molecular flexibility index (Phi) is 4.21. The number of aryl methyl sites for hydroxylation is 1. The third-order valence-electron chi connectivity index (χ3n) is 4.19. The van der Waals surface area contributed by atoms with E-state index in [1.807, 2.05) is 19.9 Å². The van der Waals surface area contributed by atoms with Crippen LogP contribution >= 0.6 is 0 Å². The van der Waals surface area contributed by atoms with E-state index in [4.69, 9.17) is 9.47 Å². The summed E-state index contributed by atoms with van der Waals surface area (Å²) in [6.07, 6.45) is 2.34. The number of carboxylic acids is 1. The maximum Gasteiger partial charge on any atom is 0.303 e. The van der Waals surface area contributed by atoms with Crippen LogP contribution < -0.4 is 9.47 Å². The summed E-state index contributed by atoms with van der Waals surface area (Å²) in [7, 11) is 3.22. The molecule has 2 rings (SSSR count). The monoisotopic (exact) mass is 278 g/mol. The molecule has 0 heterocycles. The number of ether oxygens (including phenoxy) is 2. The van der Waals surface area contributed by atoms with Crippen molar-refractivity contribution in [1.82, 2.24) is 0 Å². The van der Waals surface area contributed by atoms with Gasteiger partial charge in [0.25, 0.3) is 0 Å². The van der Waals surface area contributed by atoms with Gasteiger partial charge in [0.05, 0.1) is 20.6 Å². The van der Waals surface area contributed by atoms with Crippen molar-refractivity contribution in [2.24, 2.45) is 5.92 Å². The van der Waals surface area contributed by atoms with Crippen LogP contribution in [-0.4, -0.2) is 25.3 Å². The van der Waals surface area contributed by atoms with Gasteiger partial charge in [-0.3, -0.25) is 4.79 Å². The van der Waals surface area contributed by atoms with Gasteiger partial charge in [0.1, 0.15) is 0 Å². The van der Waals surface area contributed by atoms with Gasteiger partial charge >= 0.3 is 5.97 Å². The lowest BCUT2D eigenvalue weighted by Crippen LogP contribution is -2.12. The van der Waals surface area contributed by atoms with E-state index in [0.717, 1.165) is 29.5 Å². The fraction of sp³-hybridized carbons (Fsp3) is 0.562. The van der Waals surface area contributed by atoms with Gasteiger partial charge in [-0.2, -0.15) is 0 Å². The number of carbonyl (C=O) groups is 1. The molecule has 0 radical (unpaired) electrons. The Morgan fingerprint density at radius 1 is 1.35 bits per heavy atom. The van der Waals surface area contributed by atoms with Gasteiger partial charge in [0.15, 0.2) is 11.5 Å². The lowest BCUT2D eigenvalue weighted by molar-refractivity contribution is -0.137. The molecular formula is C16H22O4. The van der Waals surface area contributed by atoms with E-state index in [0.29, 0.717) is 17.4 Å². The number of hydrogen-bond acceptors (Lipinski definition) is 3. The highest BCUT2D eigenvalue weighted by molar-refractivity contribution is 5.69. The molecule has 1 fully saturated rings. The fourth-order valence-electron chi connectivity index (χ4n) is 2.89. The molecule has 1 aromatic carbocycles. The Balaban J connectivity index is 2.56. The Bertz CT molecular complexity index is 518. The van der Waals surface area contributed by atoms with Crippen molar-refractivity contribution in [2.75, 3.05) is 14.2 Å². The van der Waals surface area contributed by atoms with Gasteiger partial charge in [-0.1, -0.05) is 0 Å². The van der Waals surface area contributed by atoms with Gasteiger partial charge in [-0.15, -0.1) is 0 Å². The Labute approximate surface area is 119 Å². The molecule has 1 aliphatic rings. The zero-order valence-corrected chi connectivity index (χ0v) is 12.5. The fourth-order valence-corrected chi connectivity index (χ4v) is 2.89. The molecule has 0 amide bonds. The summed E-state index contributed by atoms with van der Waals surface area (Å²) in [4.78, 5) is 11.2. The number of methoxy groups -OCH3 is 2. The quantitative estimate of drug-likeness (QED) is 0.867. The number of aliphatic carboxylic acids is 1. The number of rotatable bonds is 6. The van der Waals surface area contributed by atoms with Gasteiger partial charge in [0, 0.05) is 11.5 Å². The molecule has 0 aromatic heterocycles. The first-order valence-electron chi connectivity index (χ1n) is 6.93. The smallest absolute Gasteiger partial charge is 0.303 e. The molecule has 1 saturated carbocycles. The molecule has 0 bridgehead atoms. The van der Waals surface area contributed by atoms with Crippen LogP contribution in [0.1, 0.15) is 41.9 Å². The first-order valence-corrected chi connectivity index (χ1v) is 6.93. The predicted octanol–water partition coefficient (Wildman–Crippen LogP) is 3.29. The first kappa shape index (κ1) is 14.7. The Morgan fingerprint density at radius 2 is 2.00 bits per heavy atom. The number of hydrogen-bond donors (Lipinski definition) is 1. The summed E-state index contributed by atoms with van der Waals surface area (Å²) in [5, 5.41) is 9.20. The zero-order chi connectivity index (χ0) is 14.9. The lowest BCUT2D eigenvalue weighted by Gasteiger charge is -2.23. The highest BCUT2D eigenvalue weighted by Gasteiger charge is 2.37. The van der Waals surface area contributed by atoms with Gasteiger partial charge in [-0.25, -0.2) is 0 Å². The van der Waals surface area contributed by atoms with Gasteiger partial charge in [-0.05, 0) is 49.8 Å². The average Bonchev–Trinajstić information content (AvgIpc) is 3.22. The molecule has 4 nitrogen and oxygen atoms in total. The minimum absolute atomic E-state index is 0.0104. The van der Waals surface area contributed by atoms with Crippen molar-refractivity contribution in [1.29, 1.82) is 0 Å². The van der Waals surface area contributed by atoms with E-state index >= 15 is 0 Å². The third-order valence-corrected chi connectivity index (χ3v) is 4.19. The topological polar surface area (TPSA) is 55.8 Å². The second-order valence-electron chi connectivity index (χ2n) is 5.51.